The summed E-state index contributed by atoms with van der Waals surface area (Å²) in [5.74, 6) is 0.343. The Morgan fingerprint density at radius 2 is 1.67 bits per heavy atom. The van der Waals surface area contributed by atoms with Gasteiger partial charge in [0.1, 0.15) is 5.75 Å². The van der Waals surface area contributed by atoms with Crippen LogP contribution in [-0.4, -0.2) is 14.7 Å². The summed E-state index contributed by atoms with van der Waals surface area (Å²) in [6.07, 6.45) is 1.01. The first kappa shape index (κ1) is 11.5. The van der Waals surface area contributed by atoms with Crippen LogP contribution < -0.4 is 4.18 Å². The summed E-state index contributed by atoms with van der Waals surface area (Å²) in [6.45, 7) is 0. The molecular formula is C7H8CuO3S. The SMILES string of the molecule is CS(=O)(=O)Oc1ccccc1.[Cu]. The maximum atomic E-state index is 10.6. The van der Waals surface area contributed by atoms with E-state index in [1.54, 1.807) is 30.3 Å². The predicted molar refractivity (Wildman–Crippen MR) is 41.9 cm³/mol. The van der Waals surface area contributed by atoms with Gasteiger partial charge in [-0.1, -0.05) is 18.2 Å². The van der Waals surface area contributed by atoms with Crippen LogP contribution in [0.1, 0.15) is 0 Å². The van der Waals surface area contributed by atoms with Crippen molar-refractivity contribution >= 4 is 10.1 Å². The summed E-state index contributed by atoms with van der Waals surface area (Å²) in [4.78, 5) is 0. The van der Waals surface area contributed by atoms with Crippen molar-refractivity contribution < 1.29 is 29.7 Å². The van der Waals surface area contributed by atoms with Gasteiger partial charge in [-0.05, 0) is 12.1 Å². The minimum absolute atomic E-state index is 0. The van der Waals surface area contributed by atoms with E-state index in [-0.39, 0.29) is 17.1 Å². The Bertz CT molecular complexity index is 320. The summed E-state index contributed by atoms with van der Waals surface area (Å²) in [5, 5.41) is 0. The van der Waals surface area contributed by atoms with Crippen molar-refractivity contribution in [2.45, 2.75) is 0 Å². The molecule has 0 saturated heterocycles. The van der Waals surface area contributed by atoms with Gasteiger partial charge >= 0.3 is 10.1 Å². The van der Waals surface area contributed by atoms with E-state index in [9.17, 15) is 8.42 Å². The van der Waals surface area contributed by atoms with Gasteiger partial charge in [-0.3, -0.25) is 0 Å². The van der Waals surface area contributed by atoms with Crippen LogP contribution in [0.3, 0.4) is 0 Å². The third-order valence-electron chi connectivity index (χ3n) is 0.991. The third-order valence-corrected chi connectivity index (χ3v) is 1.49. The number of rotatable bonds is 2. The number of hydrogen-bond acceptors (Lipinski definition) is 3. The van der Waals surface area contributed by atoms with E-state index in [0.717, 1.165) is 6.26 Å². The van der Waals surface area contributed by atoms with E-state index in [4.69, 9.17) is 0 Å². The van der Waals surface area contributed by atoms with Crippen LogP contribution in [-0.2, 0) is 27.2 Å². The smallest absolute Gasteiger partial charge is 0.306 e. The Morgan fingerprint density at radius 1 is 1.17 bits per heavy atom. The second kappa shape index (κ2) is 4.50. The molecule has 0 unspecified atom stereocenters. The van der Waals surface area contributed by atoms with Gasteiger partial charge in [0.05, 0.1) is 6.26 Å². The first-order valence-electron chi connectivity index (χ1n) is 3.02. The van der Waals surface area contributed by atoms with Crippen LogP contribution >= 0.6 is 0 Å². The molecule has 0 N–H and O–H groups in total. The van der Waals surface area contributed by atoms with Crippen molar-refractivity contribution in [1.82, 2.24) is 0 Å². The molecule has 1 rings (SSSR count). The van der Waals surface area contributed by atoms with Gasteiger partial charge in [0.25, 0.3) is 0 Å². The first-order valence-corrected chi connectivity index (χ1v) is 4.84. The molecule has 71 valence electrons. The normalized spacial score (nSPS) is 10.1. The molecule has 0 fully saturated rings. The Labute approximate surface area is 82.3 Å². The third kappa shape index (κ3) is 4.38. The van der Waals surface area contributed by atoms with E-state index >= 15 is 0 Å². The zero-order chi connectivity index (χ0) is 8.32. The molecule has 0 atom stereocenters. The molecule has 3 nitrogen and oxygen atoms in total. The average Bonchev–Trinajstić information content (AvgIpc) is 1.85. The van der Waals surface area contributed by atoms with Crippen LogP contribution in [0.5, 0.6) is 5.75 Å². The molecule has 0 aliphatic rings. The quantitative estimate of drug-likeness (QED) is 0.568. The Hall–Kier alpha value is -0.511. The van der Waals surface area contributed by atoms with Gasteiger partial charge in [0.2, 0.25) is 0 Å². The molecule has 0 amide bonds. The Kier molecular flexibility index (Phi) is 4.31. The van der Waals surface area contributed by atoms with E-state index in [1.807, 2.05) is 0 Å². The van der Waals surface area contributed by atoms with E-state index < -0.39 is 10.1 Å². The molecule has 0 spiro atoms. The molecular weight excluding hydrogens is 228 g/mol. The molecule has 12 heavy (non-hydrogen) atoms. The molecule has 0 heterocycles. The molecule has 1 aromatic rings. The fraction of sp³-hybridized carbons (Fsp3) is 0.143. The molecule has 0 bridgehead atoms. The number of hydrogen-bond donors (Lipinski definition) is 0. The van der Waals surface area contributed by atoms with Crippen LogP contribution in [0.2, 0.25) is 0 Å². The van der Waals surface area contributed by atoms with Crippen molar-refractivity contribution in [3.8, 4) is 5.75 Å². The summed E-state index contributed by atoms with van der Waals surface area (Å²) < 4.78 is 25.7. The van der Waals surface area contributed by atoms with Gasteiger partial charge in [0.15, 0.2) is 0 Å². The van der Waals surface area contributed by atoms with E-state index in [2.05, 4.69) is 4.18 Å². The second-order valence-corrected chi connectivity index (χ2v) is 3.68. The minimum Gasteiger partial charge on any atom is -0.383 e. The van der Waals surface area contributed by atoms with Gasteiger partial charge < -0.3 is 4.18 Å². The molecule has 0 aliphatic carbocycles. The minimum atomic E-state index is -3.38. The fourth-order valence-electron chi connectivity index (χ4n) is 0.651. The second-order valence-electron chi connectivity index (χ2n) is 2.10. The number of benzene rings is 1. The van der Waals surface area contributed by atoms with Crippen molar-refractivity contribution in [3.05, 3.63) is 30.3 Å². The topological polar surface area (TPSA) is 43.4 Å². The predicted octanol–water partition coefficient (Wildman–Crippen LogP) is 1.02. The first-order chi connectivity index (χ1) is 5.08. The monoisotopic (exact) mass is 235 g/mol. The summed E-state index contributed by atoms with van der Waals surface area (Å²) >= 11 is 0. The zero-order valence-electron chi connectivity index (χ0n) is 6.32. The zero-order valence-corrected chi connectivity index (χ0v) is 8.08. The molecule has 0 aromatic heterocycles. The van der Waals surface area contributed by atoms with Crippen molar-refractivity contribution in [2.24, 2.45) is 0 Å². The summed E-state index contributed by atoms with van der Waals surface area (Å²) in [5.41, 5.74) is 0. The van der Waals surface area contributed by atoms with Gasteiger partial charge in [-0.2, -0.15) is 8.42 Å². The molecule has 5 heteroatoms. The number of para-hydroxylation sites is 1. The van der Waals surface area contributed by atoms with Gasteiger partial charge in [-0.15, -0.1) is 0 Å². The summed E-state index contributed by atoms with van der Waals surface area (Å²) in [7, 11) is -3.38. The van der Waals surface area contributed by atoms with Crippen molar-refractivity contribution in [3.63, 3.8) is 0 Å². The van der Waals surface area contributed by atoms with Crippen LogP contribution in [0.15, 0.2) is 30.3 Å². The Morgan fingerprint density at radius 3 is 2.08 bits per heavy atom. The molecule has 0 aliphatic heterocycles. The molecule has 0 saturated carbocycles. The molecule has 1 radical (unpaired) electrons. The van der Waals surface area contributed by atoms with Crippen molar-refractivity contribution in [1.29, 1.82) is 0 Å². The van der Waals surface area contributed by atoms with Crippen LogP contribution in [0, 0.1) is 0 Å². The summed E-state index contributed by atoms with van der Waals surface area (Å²) in [6, 6.07) is 8.37. The van der Waals surface area contributed by atoms with E-state index in [1.165, 1.54) is 0 Å². The average molecular weight is 236 g/mol. The fourth-order valence-corrected chi connectivity index (χ4v) is 1.11. The van der Waals surface area contributed by atoms with Crippen LogP contribution in [0.4, 0.5) is 0 Å². The standard InChI is InChI=1S/C7H8O3S.Cu/c1-11(8,9)10-7-5-3-2-4-6-7;/h2-6H,1H3;. The maximum Gasteiger partial charge on any atom is 0.306 e. The van der Waals surface area contributed by atoms with Gasteiger partial charge in [-0.25, -0.2) is 0 Å². The molecule has 1 aromatic carbocycles. The van der Waals surface area contributed by atoms with E-state index in [0.29, 0.717) is 5.75 Å². The Balaban J connectivity index is 0.00000121. The van der Waals surface area contributed by atoms with Crippen LogP contribution in [0.25, 0.3) is 0 Å². The maximum absolute atomic E-state index is 10.6. The van der Waals surface area contributed by atoms with Crippen molar-refractivity contribution in [2.75, 3.05) is 6.26 Å². The largest absolute Gasteiger partial charge is 0.383 e. The van der Waals surface area contributed by atoms with Gasteiger partial charge in [0, 0.05) is 17.1 Å².